The van der Waals surface area contributed by atoms with Crippen molar-refractivity contribution in [1.82, 2.24) is 15.3 Å². The van der Waals surface area contributed by atoms with Gasteiger partial charge in [0.1, 0.15) is 17.3 Å². The molecule has 5 rings (SSSR count). The summed E-state index contributed by atoms with van der Waals surface area (Å²) in [6.07, 6.45) is 7.86. The Morgan fingerprint density at radius 1 is 1.00 bits per heavy atom. The number of piperidine rings is 1. The van der Waals surface area contributed by atoms with Gasteiger partial charge in [-0.05, 0) is 85.8 Å². The lowest BCUT2D eigenvalue weighted by Crippen LogP contribution is -2.26. The van der Waals surface area contributed by atoms with Crippen LogP contribution in [0.25, 0.3) is 10.9 Å². The number of aromatic nitrogens is 2. The van der Waals surface area contributed by atoms with Gasteiger partial charge in [-0.1, -0.05) is 35.9 Å². The molecule has 2 N–H and O–H groups in total. The zero-order chi connectivity index (χ0) is 22.6. The first-order valence-electron chi connectivity index (χ1n) is 11.0. The number of benzene rings is 3. The van der Waals surface area contributed by atoms with E-state index < -0.39 is 0 Å². The molecular formula is C27H23ClN4O. The van der Waals surface area contributed by atoms with Crippen molar-refractivity contribution in [3.63, 3.8) is 0 Å². The molecule has 1 aliphatic rings. The van der Waals surface area contributed by atoms with Crippen LogP contribution in [0.4, 0.5) is 11.5 Å². The monoisotopic (exact) mass is 454 g/mol. The van der Waals surface area contributed by atoms with E-state index in [1.54, 1.807) is 0 Å². The lowest BCUT2D eigenvalue weighted by molar-refractivity contribution is 0.460. The Bertz CT molecular complexity index is 1330. The Hall–Kier alpha value is -3.59. The fourth-order valence-electron chi connectivity index (χ4n) is 4.13. The van der Waals surface area contributed by atoms with E-state index in [0.29, 0.717) is 28.3 Å². The largest absolute Gasteiger partial charge is 0.456 e. The third-order valence-electron chi connectivity index (χ3n) is 5.83. The summed E-state index contributed by atoms with van der Waals surface area (Å²) in [5.41, 5.74) is 2.90. The molecule has 0 aliphatic carbocycles. The Morgan fingerprint density at radius 2 is 1.82 bits per heavy atom. The van der Waals surface area contributed by atoms with Crippen LogP contribution in [0, 0.1) is 12.3 Å². The van der Waals surface area contributed by atoms with E-state index in [4.69, 9.17) is 22.8 Å². The van der Waals surface area contributed by atoms with Crippen LogP contribution in [0.5, 0.6) is 11.5 Å². The molecule has 1 aliphatic heterocycles. The van der Waals surface area contributed by atoms with Crippen molar-refractivity contribution in [2.45, 2.75) is 18.8 Å². The predicted octanol–water partition coefficient (Wildman–Crippen LogP) is 6.27. The number of hydrogen-bond acceptors (Lipinski definition) is 5. The van der Waals surface area contributed by atoms with Crippen LogP contribution in [0.1, 0.15) is 30.1 Å². The lowest BCUT2D eigenvalue weighted by atomic mass is 9.89. The van der Waals surface area contributed by atoms with Gasteiger partial charge in [0.15, 0.2) is 0 Å². The maximum absolute atomic E-state index is 6.51. The predicted molar refractivity (Wildman–Crippen MR) is 134 cm³/mol. The molecule has 6 heteroatoms. The number of nitrogens with zero attached hydrogens (tertiary/aromatic N) is 2. The third kappa shape index (κ3) is 4.78. The smallest absolute Gasteiger partial charge is 0.207 e. The van der Waals surface area contributed by atoms with Crippen LogP contribution >= 0.6 is 11.6 Å². The minimum atomic E-state index is 0.342. The normalized spacial score (nSPS) is 14.1. The van der Waals surface area contributed by atoms with E-state index >= 15 is 0 Å². The number of halogens is 1. The van der Waals surface area contributed by atoms with Crippen LogP contribution in [0.3, 0.4) is 0 Å². The zero-order valence-corrected chi connectivity index (χ0v) is 18.8. The number of ether oxygens (including phenoxy) is 1. The Morgan fingerprint density at radius 3 is 2.58 bits per heavy atom. The van der Waals surface area contributed by atoms with Gasteiger partial charge < -0.3 is 15.4 Å². The van der Waals surface area contributed by atoms with Crippen molar-refractivity contribution in [2.24, 2.45) is 0 Å². The number of fused-ring (bicyclic) bond motifs is 1. The molecule has 0 bridgehead atoms. The molecule has 0 radical (unpaired) electrons. The molecule has 0 atom stereocenters. The molecule has 0 unspecified atom stereocenters. The van der Waals surface area contributed by atoms with Gasteiger partial charge in [-0.2, -0.15) is 0 Å². The molecule has 1 aromatic heterocycles. The molecular weight excluding hydrogens is 432 g/mol. The second-order valence-electron chi connectivity index (χ2n) is 8.03. The van der Waals surface area contributed by atoms with Gasteiger partial charge in [-0.3, -0.25) is 0 Å². The topological polar surface area (TPSA) is 59.1 Å². The van der Waals surface area contributed by atoms with Crippen LogP contribution in [0.15, 0.2) is 66.7 Å². The number of rotatable bonds is 5. The van der Waals surface area contributed by atoms with Gasteiger partial charge in [-0.25, -0.2) is 9.97 Å². The SMILES string of the molecule is C#Cc1nc(Nc2ccc(Oc3ccccc3)c(Cl)c2)c2cc(C3CCNCC3)ccc2n1. The highest BCUT2D eigenvalue weighted by molar-refractivity contribution is 6.32. The minimum Gasteiger partial charge on any atom is -0.456 e. The molecule has 164 valence electrons. The number of terminal acetylenes is 1. The minimum absolute atomic E-state index is 0.342. The van der Waals surface area contributed by atoms with E-state index in [-0.39, 0.29) is 0 Å². The third-order valence-corrected chi connectivity index (χ3v) is 6.12. The van der Waals surface area contributed by atoms with Crippen molar-refractivity contribution in [2.75, 3.05) is 18.4 Å². The summed E-state index contributed by atoms with van der Waals surface area (Å²) in [6.45, 7) is 2.08. The highest BCUT2D eigenvalue weighted by Crippen LogP contribution is 2.34. The van der Waals surface area contributed by atoms with Gasteiger partial charge in [0.2, 0.25) is 5.82 Å². The quantitative estimate of drug-likeness (QED) is 0.348. The molecule has 0 saturated carbocycles. The average Bonchev–Trinajstić information content (AvgIpc) is 2.86. The number of nitrogens with one attached hydrogen (secondary N) is 2. The standard InChI is InChI=1S/C27H23ClN4O/c1-2-26-31-24-10-8-19(18-12-14-29-15-13-18)16-22(24)27(32-26)30-20-9-11-25(23(28)17-20)33-21-6-4-3-5-7-21/h1,3-11,16-18,29H,12-15H2,(H,30,31,32). The number of para-hydroxylation sites is 1. The van der Waals surface area contributed by atoms with Crippen LogP contribution in [-0.2, 0) is 0 Å². The lowest BCUT2D eigenvalue weighted by Gasteiger charge is -2.23. The Balaban J connectivity index is 1.47. The maximum Gasteiger partial charge on any atom is 0.207 e. The molecule has 0 amide bonds. The van der Waals surface area contributed by atoms with Crippen molar-refractivity contribution < 1.29 is 4.74 Å². The van der Waals surface area contributed by atoms with Crippen LogP contribution in [0.2, 0.25) is 5.02 Å². The maximum atomic E-state index is 6.51. The van der Waals surface area contributed by atoms with E-state index in [9.17, 15) is 0 Å². The first-order chi connectivity index (χ1) is 16.2. The fraction of sp³-hybridized carbons (Fsp3) is 0.185. The molecule has 2 heterocycles. The van der Waals surface area contributed by atoms with Crippen molar-refractivity contribution in [3.05, 3.63) is 83.1 Å². The highest BCUT2D eigenvalue weighted by Gasteiger charge is 2.17. The van der Waals surface area contributed by atoms with Crippen molar-refractivity contribution in [3.8, 4) is 23.8 Å². The van der Waals surface area contributed by atoms with Crippen molar-refractivity contribution >= 4 is 34.0 Å². The van der Waals surface area contributed by atoms with Crippen molar-refractivity contribution in [1.29, 1.82) is 0 Å². The summed E-state index contributed by atoms with van der Waals surface area (Å²) in [4.78, 5) is 9.09. The summed E-state index contributed by atoms with van der Waals surface area (Å²) in [6, 6.07) is 21.5. The first kappa shape index (κ1) is 21.3. The van der Waals surface area contributed by atoms with E-state index in [1.165, 1.54) is 5.56 Å². The average molecular weight is 455 g/mol. The highest BCUT2D eigenvalue weighted by atomic mass is 35.5. The van der Waals surface area contributed by atoms with Gasteiger partial charge in [0.25, 0.3) is 0 Å². The van der Waals surface area contributed by atoms with Gasteiger partial charge >= 0.3 is 0 Å². The fourth-order valence-corrected chi connectivity index (χ4v) is 4.35. The van der Waals surface area contributed by atoms with E-state index in [0.717, 1.165) is 48.3 Å². The summed E-state index contributed by atoms with van der Waals surface area (Å²) in [7, 11) is 0. The molecule has 4 aromatic rings. The zero-order valence-electron chi connectivity index (χ0n) is 18.0. The molecule has 5 nitrogen and oxygen atoms in total. The number of anilines is 2. The van der Waals surface area contributed by atoms with Gasteiger partial charge in [-0.15, -0.1) is 6.42 Å². The molecule has 1 fully saturated rings. The summed E-state index contributed by atoms with van der Waals surface area (Å²) >= 11 is 6.51. The van der Waals surface area contributed by atoms with Crippen LogP contribution < -0.4 is 15.4 Å². The summed E-state index contributed by atoms with van der Waals surface area (Å²) in [5.74, 6) is 5.40. The summed E-state index contributed by atoms with van der Waals surface area (Å²) < 4.78 is 5.89. The first-order valence-corrected chi connectivity index (χ1v) is 11.4. The molecule has 33 heavy (non-hydrogen) atoms. The second kappa shape index (κ2) is 9.50. The van der Waals surface area contributed by atoms with Gasteiger partial charge in [0.05, 0.1) is 10.5 Å². The summed E-state index contributed by atoms with van der Waals surface area (Å²) in [5, 5.41) is 8.24. The van der Waals surface area contributed by atoms with Crippen LogP contribution in [-0.4, -0.2) is 23.1 Å². The second-order valence-corrected chi connectivity index (χ2v) is 8.43. The molecule has 1 saturated heterocycles. The van der Waals surface area contributed by atoms with E-state index in [1.807, 2.05) is 54.6 Å². The Kier molecular flexibility index (Phi) is 6.12. The molecule has 3 aromatic carbocycles. The van der Waals surface area contributed by atoms with Gasteiger partial charge in [0, 0.05) is 11.1 Å². The molecule has 0 spiro atoms. The number of hydrogen-bond donors (Lipinski definition) is 2. The van der Waals surface area contributed by atoms with E-state index in [2.05, 4.69) is 38.7 Å². The Labute approximate surface area is 198 Å².